The molecule has 0 aliphatic heterocycles. The first-order valence-corrected chi connectivity index (χ1v) is 5.98. The van der Waals surface area contributed by atoms with Crippen LogP contribution in [0.5, 0.6) is 5.75 Å². The van der Waals surface area contributed by atoms with Gasteiger partial charge in [-0.2, -0.15) is 0 Å². The van der Waals surface area contributed by atoms with Gasteiger partial charge >= 0.3 is 0 Å². The summed E-state index contributed by atoms with van der Waals surface area (Å²) in [5, 5.41) is 11.7. The van der Waals surface area contributed by atoms with Gasteiger partial charge in [-0.05, 0) is 30.3 Å². The number of halogens is 3. The topological polar surface area (TPSA) is 49.3 Å². The van der Waals surface area contributed by atoms with E-state index in [2.05, 4.69) is 5.32 Å². The van der Waals surface area contributed by atoms with Gasteiger partial charge in [0.15, 0.2) is 5.82 Å². The second kappa shape index (κ2) is 5.47. The number of aromatic hydroxyl groups is 1. The Balaban J connectivity index is 2.26. The van der Waals surface area contributed by atoms with Gasteiger partial charge in [-0.3, -0.25) is 4.79 Å². The zero-order valence-electron chi connectivity index (χ0n) is 9.45. The molecule has 0 aromatic heterocycles. The summed E-state index contributed by atoms with van der Waals surface area (Å²) in [5.41, 5.74) is 0.170. The van der Waals surface area contributed by atoms with Gasteiger partial charge in [0, 0.05) is 5.69 Å². The molecule has 0 heterocycles. The predicted octanol–water partition coefficient (Wildman–Crippen LogP) is 4.09. The van der Waals surface area contributed by atoms with Crippen LogP contribution in [0.1, 0.15) is 10.4 Å². The van der Waals surface area contributed by atoms with Crippen molar-refractivity contribution in [3.8, 4) is 5.75 Å². The Morgan fingerprint density at radius 1 is 1.16 bits per heavy atom. The highest BCUT2D eigenvalue weighted by Gasteiger charge is 2.14. The van der Waals surface area contributed by atoms with Crippen LogP contribution in [-0.2, 0) is 0 Å². The first-order valence-electron chi connectivity index (χ1n) is 5.23. The maximum Gasteiger partial charge on any atom is 0.258 e. The molecule has 2 aromatic carbocycles. The normalized spacial score (nSPS) is 10.3. The minimum Gasteiger partial charge on any atom is -0.506 e. The van der Waals surface area contributed by atoms with Crippen LogP contribution in [0.25, 0.3) is 0 Å². The van der Waals surface area contributed by atoms with Crippen LogP contribution in [0.3, 0.4) is 0 Å². The van der Waals surface area contributed by atoms with Crippen LogP contribution in [0.15, 0.2) is 36.4 Å². The third-order valence-electron chi connectivity index (χ3n) is 2.40. The lowest BCUT2D eigenvalue weighted by atomic mass is 10.2. The van der Waals surface area contributed by atoms with Crippen molar-refractivity contribution in [2.24, 2.45) is 0 Å². The number of amides is 1. The second-order valence-corrected chi connectivity index (χ2v) is 4.54. The number of hydrogen-bond acceptors (Lipinski definition) is 2. The number of anilines is 1. The van der Waals surface area contributed by atoms with Crippen molar-refractivity contribution in [3.63, 3.8) is 0 Å². The van der Waals surface area contributed by atoms with Gasteiger partial charge in [0.1, 0.15) is 5.75 Å². The molecule has 2 aromatic rings. The van der Waals surface area contributed by atoms with E-state index in [9.17, 15) is 14.3 Å². The first kappa shape index (κ1) is 13.6. The van der Waals surface area contributed by atoms with Crippen molar-refractivity contribution in [3.05, 3.63) is 57.8 Å². The molecular formula is C13H8Cl2FNO2. The number of benzene rings is 2. The van der Waals surface area contributed by atoms with E-state index in [1.807, 2.05) is 0 Å². The smallest absolute Gasteiger partial charge is 0.258 e. The number of phenols is 1. The summed E-state index contributed by atoms with van der Waals surface area (Å²) in [6.45, 7) is 0. The average molecular weight is 300 g/mol. The Labute approximate surface area is 118 Å². The lowest BCUT2D eigenvalue weighted by Gasteiger charge is -2.07. The SMILES string of the molecule is O=C(Nc1ccc(O)c(Cl)c1)c1cccc(Cl)c1F. The van der Waals surface area contributed by atoms with Gasteiger partial charge in [-0.25, -0.2) is 4.39 Å². The summed E-state index contributed by atoms with van der Waals surface area (Å²) in [6, 6.07) is 8.28. The van der Waals surface area contributed by atoms with Crippen molar-refractivity contribution in [1.82, 2.24) is 0 Å². The van der Waals surface area contributed by atoms with Crippen molar-refractivity contribution in [2.45, 2.75) is 0 Å². The maximum atomic E-state index is 13.6. The zero-order chi connectivity index (χ0) is 14.0. The van der Waals surface area contributed by atoms with Crippen molar-refractivity contribution in [1.29, 1.82) is 0 Å². The summed E-state index contributed by atoms with van der Waals surface area (Å²) >= 11 is 11.3. The highest BCUT2D eigenvalue weighted by molar-refractivity contribution is 6.32. The first-order chi connectivity index (χ1) is 8.99. The van der Waals surface area contributed by atoms with Crippen LogP contribution in [0.2, 0.25) is 10.0 Å². The molecule has 0 spiro atoms. The molecule has 6 heteroatoms. The molecular weight excluding hydrogens is 292 g/mol. The quantitative estimate of drug-likeness (QED) is 0.821. The van der Waals surface area contributed by atoms with Gasteiger partial charge in [-0.1, -0.05) is 29.3 Å². The Kier molecular flexibility index (Phi) is 3.93. The molecule has 3 nitrogen and oxygen atoms in total. The van der Waals surface area contributed by atoms with Crippen LogP contribution in [0.4, 0.5) is 10.1 Å². The monoisotopic (exact) mass is 299 g/mol. The van der Waals surface area contributed by atoms with E-state index in [1.165, 1.54) is 36.4 Å². The molecule has 98 valence electrons. The molecule has 19 heavy (non-hydrogen) atoms. The van der Waals surface area contributed by atoms with Gasteiger partial charge in [0.05, 0.1) is 15.6 Å². The average Bonchev–Trinajstić information content (AvgIpc) is 2.37. The molecule has 0 saturated carbocycles. The Hall–Kier alpha value is -1.78. The van der Waals surface area contributed by atoms with E-state index in [-0.39, 0.29) is 21.4 Å². The maximum absolute atomic E-state index is 13.6. The molecule has 2 N–H and O–H groups in total. The molecule has 0 atom stereocenters. The van der Waals surface area contributed by atoms with Gasteiger partial charge < -0.3 is 10.4 Å². The molecule has 0 saturated heterocycles. The summed E-state index contributed by atoms with van der Waals surface area (Å²) < 4.78 is 13.6. The van der Waals surface area contributed by atoms with E-state index >= 15 is 0 Å². The number of rotatable bonds is 2. The van der Waals surface area contributed by atoms with Crippen LogP contribution < -0.4 is 5.32 Å². The van der Waals surface area contributed by atoms with Crippen LogP contribution in [0, 0.1) is 5.82 Å². The van der Waals surface area contributed by atoms with E-state index in [4.69, 9.17) is 23.2 Å². The summed E-state index contributed by atoms with van der Waals surface area (Å²) in [7, 11) is 0. The van der Waals surface area contributed by atoms with Gasteiger partial charge in [0.25, 0.3) is 5.91 Å². The number of carbonyl (C=O) groups is 1. The second-order valence-electron chi connectivity index (χ2n) is 3.72. The Morgan fingerprint density at radius 3 is 2.58 bits per heavy atom. The number of nitrogens with one attached hydrogen (secondary N) is 1. The van der Waals surface area contributed by atoms with E-state index < -0.39 is 11.7 Å². The fourth-order valence-corrected chi connectivity index (χ4v) is 1.82. The third kappa shape index (κ3) is 2.97. The van der Waals surface area contributed by atoms with E-state index in [1.54, 1.807) is 0 Å². The molecule has 2 rings (SSSR count). The summed E-state index contributed by atoms with van der Waals surface area (Å²) in [4.78, 5) is 11.9. The highest BCUT2D eigenvalue weighted by Crippen LogP contribution is 2.26. The lowest BCUT2D eigenvalue weighted by Crippen LogP contribution is -2.13. The molecule has 0 bridgehead atoms. The van der Waals surface area contributed by atoms with Crippen molar-refractivity contribution in [2.75, 3.05) is 5.32 Å². The number of phenolic OH excluding ortho intramolecular Hbond substituents is 1. The van der Waals surface area contributed by atoms with Crippen molar-refractivity contribution >= 4 is 34.8 Å². The van der Waals surface area contributed by atoms with Crippen LogP contribution >= 0.6 is 23.2 Å². The largest absolute Gasteiger partial charge is 0.506 e. The van der Waals surface area contributed by atoms with E-state index in [0.717, 1.165) is 0 Å². The minimum absolute atomic E-state index is 0.0874. The van der Waals surface area contributed by atoms with E-state index in [0.29, 0.717) is 5.69 Å². The van der Waals surface area contributed by atoms with Crippen molar-refractivity contribution < 1.29 is 14.3 Å². The Bertz CT molecular complexity index is 647. The third-order valence-corrected chi connectivity index (χ3v) is 3.00. The molecule has 0 radical (unpaired) electrons. The summed E-state index contributed by atoms with van der Waals surface area (Å²) in [6.07, 6.45) is 0. The fraction of sp³-hybridized carbons (Fsp3) is 0. The predicted molar refractivity (Wildman–Crippen MR) is 72.5 cm³/mol. The number of hydrogen-bond donors (Lipinski definition) is 2. The lowest BCUT2D eigenvalue weighted by molar-refractivity contribution is 0.102. The summed E-state index contributed by atoms with van der Waals surface area (Å²) in [5.74, 6) is -1.54. The molecule has 0 unspecified atom stereocenters. The molecule has 0 aliphatic carbocycles. The Morgan fingerprint density at radius 2 is 1.89 bits per heavy atom. The fourth-order valence-electron chi connectivity index (χ4n) is 1.46. The van der Waals surface area contributed by atoms with Crippen LogP contribution in [-0.4, -0.2) is 11.0 Å². The van der Waals surface area contributed by atoms with Gasteiger partial charge in [0.2, 0.25) is 0 Å². The minimum atomic E-state index is -0.786. The highest BCUT2D eigenvalue weighted by atomic mass is 35.5. The molecule has 1 amide bonds. The van der Waals surface area contributed by atoms with Gasteiger partial charge in [-0.15, -0.1) is 0 Å². The molecule has 0 fully saturated rings. The molecule has 0 aliphatic rings. The standard InChI is InChI=1S/C13H8Cl2FNO2/c14-9-3-1-2-8(12(9)16)13(19)17-7-4-5-11(18)10(15)6-7/h1-6,18H,(H,17,19). The number of carbonyl (C=O) groups excluding carboxylic acids is 1. The zero-order valence-corrected chi connectivity index (χ0v) is 11.0.